The van der Waals surface area contributed by atoms with Crippen molar-refractivity contribution in [2.45, 2.75) is 32.4 Å². The highest BCUT2D eigenvalue weighted by Gasteiger charge is 2.25. The molecule has 110 valence electrons. The van der Waals surface area contributed by atoms with Crippen LogP contribution in [0.2, 0.25) is 0 Å². The molecule has 1 amide bonds. The summed E-state index contributed by atoms with van der Waals surface area (Å²) in [5.74, 6) is -0.577. The van der Waals surface area contributed by atoms with E-state index >= 15 is 0 Å². The van der Waals surface area contributed by atoms with Gasteiger partial charge >= 0.3 is 5.97 Å². The van der Waals surface area contributed by atoms with Gasteiger partial charge in [-0.1, -0.05) is 44.2 Å². The zero-order valence-corrected chi connectivity index (χ0v) is 12.1. The van der Waals surface area contributed by atoms with Gasteiger partial charge in [-0.2, -0.15) is 0 Å². The molecule has 2 atom stereocenters. The summed E-state index contributed by atoms with van der Waals surface area (Å²) in [5.41, 5.74) is 6.60. The summed E-state index contributed by atoms with van der Waals surface area (Å²) in [4.78, 5) is 23.8. The number of methoxy groups -OCH3 is 1. The quantitative estimate of drug-likeness (QED) is 0.770. The second kappa shape index (κ2) is 7.65. The molecule has 5 heteroatoms. The summed E-state index contributed by atoms with van der Waals surface area (Å²) in [5, 5.41) is 2.66. The number of carbonyl (C=O) groups excluding carboxylic acids is 2. The predicted molar refractivity (Wildman–Crippen MR) is 76.8 cm³/mol. The van der Waals surface area contributed by atoms with Crippen LogP contribution in [-0.4, -0.2) is 25.0 Å². The predicted octanol–water partition coefficient (Wildman–Crippen LogP) is 1.39. The minimum Gasteiger partial charge on any atom is -0.467 e. The van der Waals surface area contributed by atoms with Crippen LogP contribution >= 0.6 is 0 Å². The molecule has 2 unspecified atom stereocenters. The second-order valence-electron chi connectivity index (χ2n) is 5.10. The molecule has 0 saturated heterocycles. The van der Waals surface area contributed by atoms with Crippen LogP contribution in [0.3, 0.4) is 0 Å². The molecule has 5 nitrogen and oxygen atoms in total. The number of esters is 1. The van der Waals surface area contributed by atoms with Crippen LogP contribution in [0.15, 0.2) is 30.3 Å². The summed E-state index contributed by atoms with van der Waals surface area (Å²) >= 11 is 0. The molecule has 1 aromatic rings. The maximum Gasteiger partial charge on any atom is 0.328 e. The normalized spacial score (nSPS) is 13.7. The second-order valence-corrected chi connectivity index (χ2v) is 5.10. The Morgan fingerprint density at radius 1 is 1.25 bits per heavy atom. The number of carbonyl (C=O) groups is 2. The Hall–Kier alpha value is -1.88. The first-order valence-electron chi connectivity index (χ1n) is 6.64. The number of ether oxygens (including phenoxy) is 1. The third kappa shape index (κ3) is 4.66. The van der Waals surface area contributed by atoms with Crippen molar-refractivity contribution in [3.05, 3.63) is 35.9 Å². The molecule has 1 rings (SSSR count). The van der Waals surface area contributed by atoms with E-state index in [1.807, 2.05) is 32.0 Å². The van der Waals surface area contributed by atoms with Crippen molar-refractivity contribution < 1.29 is 14.3 Å². The highest BCUT2D eigenvalue weighted by molar-refractivity contribution is 5.88. The average molecular weight is 278 g/mol. The third-order valence-corrected chi connectivity index (χ3v) is 2.95. The van der Waals surface area contributed by atoms with Gasteiger partial charge in [-0.3, -0.25) is 4.79 Å². The smallest absolute Gasteiger partial charge is 0.328 e. The van der Waals surface area contributed by atoms with Crippen molar-refractivity contribution in [2.24, 2.45) is 11.7 Å². The Kier molecular flexibility index (Phi) is 6.18. The van der Waals surface area contributed by atoms with Gasteiger partial charge in [0.25, 0.3) is 0 Å². The summed E-state index contributed by atoms with van der Waals surface area (Å²) in [6.07, 6.45) is 0.514. The largest absolute Gasteiger partial charge is 0.467 e. The number of nitrogens with one attached hydrogen (secondary N) is 1. The van der Waals surface area contributed by atoms with E-state index in [9.17, 15) is 9.59 Å². The van der Waals surface area contributed by atoms with Gasteiger partial charge in [0.05, 0.1) is 7.11 Å². The fraction of sp³-hybridized carbons (Fsp3) is 0.467. The molecule has 0 aliphatic rings. The first-order valence-corrected chi connectivity index (χ1v) is 6.64. The number of rotatable bonds is 6. The summed E-state index contributed by atoms with van der Waals surface area (Å²) < 4.78 is 4.71. The van der Waals surface area contributed by atoms with Crippen molar-refractivity contribution >= 4 is 11.9 Å². The van der Waals surface area contributed by atoms with Crippen molar-refractivity contribution in [3.8, 4) is 0 Å². The first kappa shape index (κ1) is 16.2. The minimum atomic E-state index is -0.796. The lowest BCUT2D eigenvalue weighted by Gasteiger charge is -2.20. The minimum absolute atomic E-state index is 0.257. The van der Waals surface area contributed by atoms with Gasteiger partial charge in [-0.25, -0.2) is 4.79 Å². The van der Waals surface area contributed by atoms with E-state index in [4.69, 9.17) is 10.5 Å². The van der Waals surface area contributed by atoms with Crippen LogP contribution in [-0.2, 0) is 14.3 Å². The Bertz CT molecular complexity index is 446. The Labute approximate surface area is 119 Å². The van der Waals surface area contributed by atoms with Crippen LogP contribution in [0.4, 0.5) is 0 Å². The molecule has 0 spiro atoms. The van der Waals surface area contributed by atoms with Crippen LogP contribution < -0.4 is 11.1 Å². The lowest BCUT2D eigenvalue weighted by molar-refractivity contribution is -0.145. The third-order valence-electron chi connectivity index (χ3n) is 2.95. The lowest BCUT2D eigenvalue weighted by atomic mass is 10.0. The van der Waals surface area contributed by atoms with Gasteiger partial charge in [0.2, 0.25) is 5.91 Å². The standard InChI is InChI=1S/C15H22N2O3/c1-10(2)9-12(15(19)20-3)17-14(18)13(16)11-7-5-4-6-8-11/h4-8,10,12-13H,9,16H2,1-3H3,(H,17,18). The summed E-state index contributed by atoms with van der Waals surface area (Å²) in [7, 11) is 1.30. The molecule has 0 saturated carbocycles. The molecular formula is C15H22N2O3. The number of nitrogens with two attached hydrogens (primary N) is 1. The maximum absolute atomic E-state index is 12.1. The summed E-state index contributed by atoms with van der Waals surface area (Å²) in [6.45, 7) is 3.94. The molecule has 0 heterocycles. The van der Waals surface area contributed by atoms with Crippen LogP contribution in [0.25, 0.3) is 0 Å². The van der Waals surface area contributed by atoms with Crippen molar-refractivity contribution in [2.75, 3.05) is 7.11 Å². The Morgan fingerprint density at radius 2 is 1.85 bits per heavy atom. The number of benzene rings is 1. The molecule has 0 bridgehead atoms. The van der Waals surface area contributed by atoms with Crippen LogP contribution in [0.1, 0.15) is 31.9 Å². The van der Waals surface area contributed by atoms with E-state index in [1.165, 1.54) is 7.11 Å². The molecule has 0 aliphatic heterocycles. The molecule has 1 aromatic carbocycles. The maximum atomic E-state index is 12.1. The van der Waals surface area contributed by atoms with E-state index in [-0.39, 0.29) is 11.8 Å². The van der Waals surface area contributed by atoms with Crippen molar-refractivity contribution in [1.29, 1.82) is 0 Å². The Balaban J connectivity index is 2.72. The topological polar surface area (TPSA) is 81.4 Å². The number of hydrogen-bond acceptors (Lipinski definition) is 4. The van der Waals surface area contributed by atoms with E-state index in [2.05, 4.69) is 5.32 Å². The fourth-order valence-corrected chi connectivity index (χ4v) is 1.90. The van der Waals surface area contributed by atoms with Gasteiger partial charge < -0.3 is 15.8 Å². The average Bonchev–Trinajstić information content (AvgIpc) is 2.45. The monoisotopic (exact) mass is 278 g/mol. The van der Waals surface area contributed by atoms with E-state index in [0.29, 0.717) is 12.0 Å². The fourth-order valence-electron chi connectivity index (χ4n) is 1.90. The highest BCUT2D eigenvalue weighted by Crippen LogP contribution is 2.12. The Morgan fingerprint density at radius 3 is 2.35 bits per heavy atom. The van der Waals surface area contributed by atoms with Crippen LogP contribution in [0.5, 0.6) is 0 Å². The molecule has 0 radical (unpaired) electrons. The SMILES string of the molecule is COC(=O)C(CC(C)C)NC(=O)C(N)c1ccccc1. The van der Waals surface area contributed by atoms with E-state index in [1.54, 1.807) is 12.1 Å². The van der Waals surface area contributed by atoms with Crippen molar-refractivity contribution in [1.82, 2.24) is 5.32 Å². The van der Waals surface area contributed by atoms with Gasteiger partial charge in [0, 0.05) is 0 Å². The molecule has 0 fully saturated rings. The van der Waals surface area contributed by atoms with E-state index in [0.717, 1.165) is 0 Å². The molecule has 0 aliphatic carbocycles. The van der Waals surface area contributed by atoms with Crippen LogP contribution in [0, 0.1) is 5.92 Å². The van der Waals surface area contributed by atoms with Gasteiger partial charge in [-0.15, -0.1) is 0 Å². The summed E-state index contributed by atoms with van der Waals surface area (Å²) in [6, 6.07) is 7.57. The van der Waals surface area contributed by atoms with Gasteiger partial charge in [0.1, 0.15) is 12.1 Å². The van der Waals surface area contributed by atoms with Gasteiger partial charge in [-0.05, 0) is 17.9 Å². The first-order chi connectivity index (χ1) is 9.45. The zero-order chi connectivity index (χ0) is 15.1. The lowest BCUT2D eigenvalue weighted by Crippen LogP contribution is -2.46. The molecule has 20 heavy (non-hydrogen) atoms. The molecular weight excluding hydrogens is 256 g/mol. The number of amides is 1. The number of hydrogen-bond donors (Lipinski definition) is 2. The molecule has 0 aromatic heterocycles. The van der Waals surface area contributed by atoms with Crippen molar-refractivity contribution in [3.63, 3.8) is 0 Å². The molecule has 3 N–H and O–H groups in total. The highest BCUT2D eigenvalue weighted by atomic mass is 16.5. The zero-order valence-electron chi connectivity index (χ0n) is 12.1. The van der Waals surface area contributed by atoms with E-state index < -0.39 is 18.1 Å². The van der Waals surface area contributed by atoms with Gasteiger partial charge in [0.15, 0.2) is 0 Å².